The second kappa shape index (κ2) is 7.04. The third-order valence-electron chi connectivity index (χ3n) is 3.79. The minimum atomic E-state index is -0.468. The topological polar surface area (TPSA) is 88.3 Å². The Bertz CT molecular complexity index is 744. The SMILES string of the molecule is CSCC[C@@H]1NC(=O)N(Cc2nc(-c3ccc(C)cc3)no2)C1=O. The molecule has 126 valence electrons. The summed E-state index contributed by atoms with van der Waals surface area (Å²) in [7, 11) is 0. The predicted molar refractivity (Wildman–Crippen MR) is 90.3 cm³/mol. The molecule has 2 aromatic rings. The Hall–Kier alpha value is -2.35. The number of carbonyl (C=O) groups is 2. The molecule has 7 nitrogen and oxygen atoms in total. The average Bonchev–Trinajstić information content (AvgIpc) is 3.14. The van der Waals surface area contributed by atoms with E-state index in [0.29, 0.717) is 12.2 Å². The quantitative estimate of drug-likeness (QED) is 0.807. The highest BCUT2D eigenvalue weighted by molar-refractivity contribution is 7.98. The highest BCUT2D eigenvalue weighted by Gasteiger charge is 2.38. The van der Waals surface area contributed by atoms with Crippen LogP contribution < -0.4 is 5.32 Å². The summed E-state index contributed by atoms with van der Waals surface area (Å²) in [6, 6.07) is 6.83. The van der Waals surface area contributed by atoms with E-state index >= 15 is 0 Å². The molecule has 1 N–H and O–H groups in total. The van der Waals surface area contributed by atoms with Gasteiger partial charge >= 0.3 is 6.03 Å². The molecule has 3 rings (SSSR count). The molecule has 0 spiro atoms. The van der Waals surface area contributed by atoms with E-state index in [2.05, 4.69) is 15.5 Å². The van der Waals surface area contributed by atoms with Crippen LogP contribution in [0.25, 0.3) is 11.4 Å². The number of nitrogens with one attached hydrogen (secondary N) is 1. The maximum absolute atomic E-state index is 12.3. The van der Waals surface area contributed by atoms with Crippen molar-refractivity contribution in [2.75, 3.05) is 12.0 Å². The van der Waals surface area contributed by atoms with Crippen molar-refractivity contribution in [3.05, 3.63) is 35.7 Å². The number of aromatic nitrogens is 2. The van der Waals surface area contributed by atoms with E-state index in [-0.39, 0.29) is 18.3 Å². The van der Waals surface area contributed by atoms with Crippen molar-refractivity contribution in [3.63, 3.8) is 0 Å². The van der Waals surface area contributed by atoms with Gasteiger partial charge < -0.3 is 9.84 Å². The lowest BCUT2D eigenvalue weighted by Crippen LogP contribution is -2.31. The molecule has 0 unspecified atom stereocenters. The van der Waals surface area contributed by atoms with Crippen LogP contribution in [0.3, 0.4) is 0 Å². The van der Waals surface area contributed by atoms with E-state index in [1.807, 2.05) is 37.4 Å². The van der Waals surface area contributed by atoms with Crippen LogP contribution >= 0.6 is 11.8 Å². The van der Waals surface area contributed by atoms with Crippen LogP contribution in [0.5, 0.6) is 0 Å². The van der Waals surface area contributed by atoms with E-state index in [1.54, 1.807) is 11.8 Å². The first-order valence-corrected chi connectivity index (χ1v) is 8.98. The van der Waals surface area contributed by atoms with Gasteiger partial charge in [-0.1, -0.05) is 35.0 Å². The molecular formula is C16H18N4O3S. The highest BCUT2D eigenvalue weighted by Crippen LogP contribution is 2.19. The van der Waals surface area contributed by atoms with Crippen LogP contribution in [0.1, 0.15) is 17.9 Å². The minimum Gasteiger partial charge on any atom is -0.337 e. The summed E-state index contributed by atoms with van der Waals surface area (Å²) in [5.41, 5.74) is 1.96. The fraction of sp³-hybridized carbons (Fsp3) is 0.375. The van der Waals surface area contributed by atoms with Gasteiger partial charge in [-0.25, -0.2) is 4.79 Å². The highest BCUT2D eigenvalue weighted by atomic mass is 32.2. The number of aryl methyl sites for hydroxylation is 1. The van der Waals surface area contributed by atoms with Crippen molar-refractivity contribution in [1.82, 2.24) is 20.4 Å². The Balaban J connectivity index is 1.69. The van der Waals surface area contributed by atoms with Gasteiger partial charge in [0.1, 0.15) is 12.6 Å². The number of hydrogen-bond acceptors (Lipinski definition) is 6. The minimum absolute atomic E-state index is 0.0146. The summed E-state index contributed by atoms with van der Waals surface area (Å²) in [6.07, 6.45) is 2.57. The number of imide groups is 1. The molecule has 24 heavy (non-hydrogen) atoms. The number of rotatable bonds is 6. The molecule has 0 bridgehead atoms. The zero-order chi connectivity index (χ0) is 17.1. The van der Waals surface area contributed by atoms with E-state index in [9.17, 15) is 9.59 Å². The lowest BCUT2D eigenvalue weighted by molar-refractivity contribution is -0.128. The van der Waals surface area contributed by atoms with E-state index in [1.165, 1.54) is 0 Å². The fourth-order valence-electron chi connectivity index (χ4n) is 2.43. The van der Waals surface area contributed by atoms with E-state index in [4.69, 9.17) is 4.52 Å². The molecule has 1 aromatic heterocycles. The maximum Gasteiger partial charge on any atom is 0.325 e. The molecule has 1 fully saturated rings. The van der Waals surface area contributed by atoms with E-state index < -0.39 is 12.1 Å². The van der Waals surface area contributed by atoms with Gasteiger partial charge in [0.15, 0.2) is 0 Å². The monoisotopic (exact) mass is 346 g/mol. The number of thioether (sulfide) groups is 1. The summed E-state index contributed by atoms with van der Waals surface area (Å²) >= 11 is 1.64. The smallest absolute Gasteiger partial charge is 0.325 e. The zero-order valence-corrected chi connectivity index (χ0v) is 14.3. The predicted octanol–water partition coefficient (Wildman–Crippen LogP) is 2.22. The van der Waals surface area contributed by atoms with Gasteiger partial charge in [0, 0.05) is 5.56 Å². The summed E-state index contributed by atoms with van der Waals surface area (Å²) in [4.78, 5) is 29.7. The van der Waals surface area contributed by atoms with Crippen LogP contribution in [0.4, 0.5) is 4.79 Å². The van der Waals surface area contributed by atoms with Gasteiger partial charge in [-0.3, -0.25) is 9.69 Å². The largest absolute Gasteiger partial charge is 0.337 e. The van der Waals surface area contributed by atoms with Gasteiger partial charge in [0.25, 0.3) is 5.91 Å². The number of carbonyl (C=O) groups excluding carboxylic acids is 2. The summed E-state index contributed by atoms with van der Waals surface area (Å²) in [5, 5.41) is 6.61. The molecule has 8 heteroatoms. The number of nitrogens with zero attached hydrogens (tertiary/aromatic N) is 3. The average molecular weight is 346 g/mol. The lowest BCUT2D eigenvalue weighted by atomic mass is 10.1. The Kier molecular flexibility index (Phi) is 4.84. The van der Waals surface area contributed by atoms with Gasteiger partial charge in [0.05, 0.1) is 0 Å². The van der Waals surface area contributed by atoms with Crippen LogP contribution in [0.15, 0.2) is 28.8 Å². The summed E-state index contributed by atoms with van der Waals surface area (Å²) < 4.78 is 5.19. The van der Waals surface area contributed by atoms with Crippen molar-refractivity contribution < 1.29 is 14.1 Å². The van der Waals surface area contributed by atoms with Crippen LogP contribution in [0, 0.1) is 6.92 Å². The second-order valence-corrected chi connectivity index (χ2v) is 6.57. The van der Waals surface area contributed by atoms with E-state index in [0.717, 1.165) is 21.8 Å². The Morgan fingerprint density at radius 3 is 2.75 bits per heavy atom. The number of hydrogen-bond donors (Lipinski definition) is 1. The van der Waals surface area contributed by atoms with Crippen molar-refractivity contribution in [2.45, 2.75) is 25.9 Å². The van der Waals surface area contributed by atoms with Crippen molar-refractivity contribution in [2.24, 2.45) is 0 Å². The first kappa shape index (κ1) is 16.5. The van der Waals surface area contributed by atoms with Crippen LogP contribution in [0.2, 0.25) is 0 Å². The standard InChI is InChI=1S/C16H18N4O3S/c1-10-3-5-11(6-4-10)14-18-13(23-19-14)9-20-15(21)12(7-8-24-2)17-16(20)22/h3-6,12H,7-9H2,1-2H3,(H,17,22)/t12-/m0/s1. The summed E-state index contributed by atoms with van der Waals surface area (Å²) in [5.74, 6) is 1.24. The van der Waals surface area contributed by atoms with Gasteiger partial charge in [-0.2, -0.15) is 16.7 Å². The summed E-state index contributed by atoms with van der Waals surface area (Å²) in [6.45, 7) is 1.98. The maximum atomic E-state index is 12.3. The number of urea groups is 1. The number of benzene rings is 1. The molecule has 0 radical (unpaired) electrons. The first-order chi connectivity index (χ1) is 11.6. The van der Waals surface area contributed by atoms with Crippen LogP contribution in [-0.2, 0) is 11.3 Å². The molecule has 1 aliphatic heterocycles. The van der Waals surface area contributed by atoms with Crippen molar-refractivity contribution in [1.29, 1.82) is 0 Å². The lowest BCUT2D eigenvalue weighted by Gasteiger charge is -2.09. The van der Waals surface area contributed by atoms with Gasteiger partial charge in [-0.15, -0.1) is 0 Å². The third-order valence-corrected chi connectivity index (χ3v) is 4.43. The molecule has 1 atom stereocenters. The van der Waals surface area contributed by atoms with Crippen molar-refractivity contribution >= 4 is 23.7 Å². The van der Waals surface area contributed by atoms with Gasteiger partial charge in [0.2, 0.25) is 11.7 Å². The number of amides is 3. The Morgan fingerprint density at radius 1 is 1.29 bits per heavy atom. The first-order valence-electron chi connectivity index (χ1n) is 7.59. The van der Waals surface area contributed by atoms with Gasteiger partial charge in [-0.05, 0) is 25.4 Å². The fourth-order valence-corrected chi connectivity index (χ4v) is 2.90. The Morgan fingerprint density at radius 2 is 2.04 bits per heavy atom. The molecular weight excluding hydrogens is 328 g/mol. The molecule has 2 heterocycles. The second-order valence-electron chi connectivity index (χ2n) is 5.59. The zero-order valence-electron chi connectivity index (χ0n) is 13.5. The van der Waals surface area contributed by atoms with Crippen LogP contribution in [-0.4, -0.2) is 45.0 Å². The third kappa shape index (κ3) is 3.43. The molecule has 1 aliphatic rings. The molecule has 3 amide bonds. The van der Waals surface area contributed by atoms with Crippen molar-refractivity contribution in [3.8, 4) is 11.4 Å². The molecule has 1 saturated heterocycles. The molecule has 0 aliphatic carbocycles. The normalized spacial score (nSPS) is 17.4. The Labute approximate surface area is 143 Å². The molecule has 1 aromatic carbocycles. The molecule has 0 saturated carbocycles.